The van der Waals surface area contributed by atoms with Gasteiger partial charge in [-0.25, -0.2) is 4.98 Å². The highest BCUT2D eigenvalue weighted by Crippen LogP contribution is 2.22. The van der Waals surface area contributed by atoms with E-state index in [-0.39, 0.29) is 12.4 Å². The summed E-state index contributed by atoms with van der Waals surface area (Å²) in [6.45, 7) is 4.95. The van der Waals surface area contributed by atoms with Crippen LogP contribution in [0.2, 0.25) is 5.02 Å². The fraction of sp³-hybridized carbons (Fsp3) is 0.421. The monoisotopic (exact) mass is 409 g/mol. The third-order valence-electron chi connectivity index (χ3n) is 3.52. The van der Waals surface area contributed by atoms with Crippen molar-refractivity contribution in [3.8, 4) is 5.75 Å². The quantitative estimate of drug-likeness (QED) is 0.247. The number of anilines is 1. The van der Waals surface area contributed by atoms with Crippen molar-refractivity contribution in [2.24, 2.45) is 5.10 Å². The Kier molecular flexibility index (Phi) is 9.07. The molecular weight excluding hydrogens is 386 g/mol. The standard InChI is InChI=1S/C19H24ClN3O3S/c1-3-5-6-9-26-17-8-7-15(20)10-14(17)12-21-23-19-22-16(13-27-19)11-18(24)25-4-2/h7-8,10,12-13H,3-6,9,11H2,1-2H3,(H,22,23). The minimum Gasteiger partial charge on any atom is -0.493 e. The lowest BCUT2D eigenvalue weighted by Crippen LogP contribution is -2.07. The number of unbranched alkanes of at least 4 members (excludes halogenated alkanes) is 2. The van der Waals surface area contributed by atoms with Crippen LogP contribution >= 0.6 is 22.9 Å². The molecule has 1 heterocycles. The number of rotatable bonds is 11. The third kappa shape index (κ3) is 7.56. The van der Waals surface area contributed by atoms with Crippen molar-refractivity contribution in [2.45, 2.75) is 39.5 Å². The van der Waals surface area contributed by atoms with Gasteiger partial charge in [0, 0.05) is 16.0 Å². The van der Waals surface area contributed by atoms with E-state index >= 15 is 0 Å². The van der Waals surface area contributed by atoms with E-state index < -0.39 is 0 Å². The number of carbonyl (C=O) groups excluding carboxylic acids is 1. The van der Waals surface area contributed by atoms with Crippen molar-refractivity contribution in [1.82, 2.24) is 4.98 Å². The third-order valence-corrected chi connectivity index (χ3v) is 4.55. The average Bonchev–Trinajstić information content (AvgIpc) is 3.07. The van der Waals surface area contributed by atoms with Gasteiger partial charge in [-0.1, -0.05) is 31.4 Å². The van der Waals surface area contributed by atoms with Crippen molar-refractivity contribution in [3.63, 3.8) is 0 Å². The number of hydrogen-bond acceptors (Lipinski definition) is 7. The van der Waals surface area contributed by atoms with Crippen LogP contribution in [0.15, 0.2) is 28.7 Å². The Morgan fingerprint density at radius 2 is 2.22 bits per heavy atom. The van der Waals surface area contributed by atoms with Crippen LogP contribution in [-0.2, 0) is 16.0 Å². The highest BCUT2D eigenvalue weighted by Gasteiger charge is 2.08. The lowest BCUT2D eigenvalue weighted by Gasteiger charge is -2.09. The van der Waals surface area contributed by atoms with E-state index in [0.29, 0.717) is 29.1 Å². The van der Waals surface area contributed by atoms with E-state index in [1.165, 1.54) is 11.3 Å². The van der Waals surface area contributed by atoms with Gasteiger partial charge in [-0.15, -0.1) is 11.3 Å². The Bertz CT molecular complexity index is 764. The molecule has 0 unspecified atom stereocenters. The fourth-order valence-electron chi connectivity index (χ4n) is 2.24. The molecule has 146 valence electrons. The summed E-state index contributed by atoms with van der Waals surface area (Å²) in [4.78, 5) is 15.8. The molecule has 0 spiro atoms. The number of nitrogens with zero attached hydrogens (tertiary/aromatic N) is 2. The number of thiazole rings is 1. The first-order chi connectivity index (χ1) is 13.1. The number of nitrogens with one attached hydrogen (secondary N) is 1. The summed E-state index contributed by atoms with van der Waals surface area (Å²) in [5, 5.41) is 7.22. The van der Waals surface area contributed by atoms with Crippen molar-refractivity contribution in [2.75, 3.05) is 18.6 Å². The van der Waals surface area contributed by atoms with Crippen LogP contribution in [0.1, 0.15) is 44.4 Å². The maximum absolute atomic E-state index is 11.5. The zero-order valence-corrected chi connectivity index (χ0v) is 17.1. The van der Waals surface area contributed by atoms with E-state index in [1.807, 2.05) is 6.07 Å². The zero-order valence-electron chi connectivity index (χ0n) is 15.5. The molecule has 0 amide bonds. The molecule has 8 heteroatoms. The molecule has 1 aromatic heterocycles. The van der Waals surface area contributed by atoms with Gasteiger partial charge in [-0.05, 0) is 31.5 Å². The summed E-state index contributed by atoms with van der Waals surface area (Å²) >= 11 is 7.45. The maximum atomic E-state index is 11.5. The number of ether oxygens (including phenoxy) is 2. The van der Waals surface area contributed by atoms with Crippen LogP contribution in [0.25, 0.3) is 0 Å². The molecule has 2 aromatic rings. The van der Waals surface area contributed by atoms with E-state index in [9.17, 15) is 4.79 Å². The Labute approximate surface area is 168 Å². The minimum absolute atomic E-state index is 0.153. The molecule has 0 aliphatic heterocycles. The van der Waals surface area contributed by atoms with Gasteiger partial charge in [-0.2, -0.15) is 5.10 Å². The number of esters is 1. The number of hydrazone groups is 1. The van der Waals surface area contributed by atoms with Crippen molar-refractivity contribution >= 4 is 40.3 Å². The predicted molar refractivity (Wildman–Crippen MR) is 110 cm³/mol. The second kappa shape index (κ2) is 11.6. The van der Waals surface area contributed by atoms with Crippen LogP contribution in [0, 0.1) is 0 Å². The highest BCUT2D eigenvalue weighted by atomic mass is 35.5. The molecule has 0 radical (unpaired) electrons. The Balaban J connectivity index is 1.94. The van der Waals surface area contributed by atoms with E-state index in [4.69, 9.17) is 21.1 Å². The molecule has 2 rings (SSSR count). The number of carbonyl (C=O) groups is 1. The largest absolute Gasteiger partial charge is 0.493 e. The van der Waals surface area contributed by atoms with E-state index in [0.717, 1.165) is 30.6 Å². The van der Waals surface area contributed by atoms with E-state index in [2.05, 4.69) is 22.4 Å². The van der Waals surface area contributed by atoms with Gasteiger partial charge in [0.2, 0.25) is 5.13 Å². The molecule has 0 atom stereocenters. The Morgan fingerprint density at radius 1 is 1.37 bits per heavy atom. The molecule has 0 aliphatic rings. The zero-order chi connectivity index (χ0) is 19.5. The van der Waals surface area contributed by atoms with Gasteiger partial charge < -0.3 is 9.47 Å². The summed E-state index contributed by atoms with van der Waals surface area (Å²) in [5.41, 5.74) is 4.31. The topological polar surface area (TPSA) is 72.8 Å². The molecule has 0 saturated heterocycles. The molecule has 0 fully saturated rings. The molecular formula is C19H24ClN3O3S. The van der Waals surface area contributed by atoms with Crippen molar-refractivity contribution < 1.29 is 14.3 Å². The predicted octanol–water partition coefficient (Wildman–Crippen LogP) is 4.92. The smallest absolute Gasteiger partial charge is 0.311 e. The first kappa shape index (κ1) is 21.2. The lowest BCUT2D eigenvalue weighted by atomic mass is 10.2. The van der Waals surface area contributed by atoms with Crippen molar-refractivity contribution in [1.29, 1.82) is 0 Å². The number of hydrogen-bond donors (Lipinski definition) is 1. The lowest BCUT2D eigenvalue weighted by molar-refractivity contribution is -0.142. The maximum Gasteiger partial charge on any atom is 0.311 e. The molecule has 0 bridgehead atoms. The van der Waals surface area contributed by atoms with Gasteiger partial charge in [0.25, 0.3) is 0 Å². The van der Waals surface area contributed by atoms with Gasteiger partial charge in [0.1, 0.15) is 5.75 Å². The van der Waals surface area contributed by atoms with Gasteiger partial charge in [0.05, 0.1) is 31.5 Å². The highest BCUT2D eigenvalue weighted by molar-refractivity contribution is 7.13. The van der Waals surface area contributed by atoms with Gasteiger partial charge >= 0.3 is 5.97 Å². The Hall–Kier alpha value is -2.12. The number of benzene rings is 1. The van der Waals surface area contributed by atoms with Crippen molar-refractivity contribution in [3.05, 3.63) is 39.9 Å². The van der Waals surface area contributed by atoms with Crippen LogP contribution in [-0.4, -0.2) is 30.4 Å². The second-order valence-electron chi connectivity index (χ2n) is 5.73. The molecule has 27 heavy (non-hydrogen) atoms. The van der Waals surface area contributed by atoms with Crippen LogP contribution < -0.4 is 10.2 Å². The van der Waals surface area contributed by atoms with Crippen LogP contribution in [0.4, 0.5) is 5.13 Å². The first-order valence-electron chi connectivity index (χ1n) is 8.93. The van der Waals surface area contributed by atoms with Gasteiger partial charge in [0.15, 0.2) is 0 Å². The normalized spacial score (nSPS) is 10.9. The van der Waals surface area contributed by atoms with E-state index in [1.54, 1.807) is 30.7 Å². The second-order valence-corrected chi connectivity index (χ2v) is 7.03. The molecule has 6 nitrogen and oxygen atoms in total. The fourth-order valence-corrected chi connectivity index (χ4v) is 3.08. The molecule has 0 saturated carbocycles. The molecule has 0 aliphatic carbocycles. The summed E-state index contributed by atoms with van der Waals surface area (Å²) in [6.07, 6.45) is 5.09. The summed E-state index contributed by atoms with van der Waals surface area (Å²) in [5.74, 6) is 0.449. The number of halogens is 1. The summed E-state index contributed by atoms with van der Waals surface area (Å²) in [7, 11) is 0. The minimum atomic E-state index is -0.290. The van der Waals surface area contributed by atoms with Crippen LogP contribution in [0.3, 0.4) is 0 Å². The van der Waals surface area contributed by atoms with Gasteiger partial charge in [-0.3, -0.25) is 10.2 Å². The molecule has 1 aromatic carbocycles. The number of aromatic nitrogens is 1. The average molecular weight is 410 g/mol. The van der Waals surface area contributed by atoms with Crippen LogP contribution in [0.5, 0.6) is 5.75 Å². The summed E-state index contributed by atoms with van der Waals surface area (Å²) < 4.78 is 10.7. The first-order valence-corrected chi connectivity index (χ1v) is 10.2. The molecule has 1 N–H and O–H groups in total. The summed E-state index contributed by atoms with van der Waals surface area (Å²) in [6, 6.07) is 5.44. The Morgan fingerprint density at radius 3 is 3.00 bits per heavy atom. The SMILES string of the molecule is CCCCCOc1ccc(Cl)cc1C=NNc1nc(CC(=O)OCC)cs1.